The van der Waals surface area contributed by atoms with E-state index < -0.39 is 0 Å². The van der Waals surface area contributed by atoms with Crippen LogP contribution in [0.3, 0.4) is 0 Å². The van der Waals surface area contributed by atoms with E-state index in [4.69, 9.17) is 4.74 Å². The average molecular weight is 219 g/mol. The molecule has 16 heavy (non-hydrogen) atoms. The van der Waals surface area contributed by atoms with E-state index in [-0.39, 0.29) is 0 Å². The van der Waals surface area contributed by atoms with Crippen LogP contribution in [0.1, 0.15) is 41.5 Å². The van der Waals surface area contributed by atoms with Gasteiger partial charge >= 0.3 is 0 Å². The van der Waals surface area contributed by atoms with Crippen LogP contribution in [0, 0.1) is 0 Å². The molecule has 2 aliphatic rings. The zero-order chi connectivity index (χ0) is 11.0. The maximum absolute atomic E-state index is 5.13. The van der Waals surface area contributed by atoms with Crippen molar-refractivity contribution in [2.24, 2.45) is 0 Å². The van der Waals surface area contributed by atoms with E-state index >= 15 is 0 Å². The van der Waals surface area contributed by atoms with Crippen LogP contribution >= 0.6 is 0 Å². The highest BCUT2D eigenvalue weighted by atomic mass is 16.5. The Morgan fingerprint density at radius 3 is 3.00 bits per heavy atom. The topological polar surface area (TPSA) is 47.0 Å². The van der Waals surface area contributed by atoms with Gasteiger partial charge in [0.2, 0.25) is 0 Å². The number of rotatable bonds is 3. The van der Waals surface area contributed by atoms with E-state index in [2.05, 4.69) is 15.3 Å². The minimum absolute atomic E-state index is 0.528. The molecule has 0 amide bonds. The molecule has 0 aromatic carbocycles. The monoisotopic (exact) mass is 219 g/mol. The predicted molar refractivity (Wildman–Crippen MR) is 60.1 cm³/mol. The summed E-state index contributed by atoms with van der Waals surface area (Å²) in [6.45, 7) is 2.50. The Morgan fingerprint density at radius 1 is 1.38 bits per heavy atom. The van der Waals surface area contributed by atoms with Crippen LogP contribution in [0.25, 0.3) is 0 Å². The number of methoxy groups -OCH3 is 1. The second-order valence-corrected chi connectivity index (χ2v) is 4.58. The van der Waals surface area contributed by atoms with Crippen LogP contribution < -0.4 is 5.32 Å². The zero-order valence-corrected chi connectivity index (χ0v) is 9.62. The molecule has 1 aromatic rings. The van der Waals surface area contributed by atoms with Crippen molar-refractivity contribution in [1.29, 1.82) is 0 Å². The van der Waals surface area contributed by atoms with Crippen LogP contribution in [0.5, 0.6) is 0 Å². The fraction of sp³-hybridized carbons (Fsp3) is 0.667. The molecule has 4 heteroatoms. The average Bonchev–Trinajstić information content (AvgIpc) is 3.12. The fourth-order valence-corrected chi connectivity index (χ4v) is 2.31. The number of hydrogen-bond donors (Lipinski definition) is 1. The predicted octanol–water partition coefficient (Wildman–Crippen LogP) is 1.15. The Morgan fingerprint density at radius 2 is 2.25 bits per heavy atom. The standard InChI is InChI=1S/C12H17N3O/c1-16-7-11-14-10-4-5-13-6-9(10)12(15-11)8-2-3-8/h8,13H,2-7H2,1H3. The number of ether oxygens (including phenoxy) is 1. The van der Waals surface area contributed by atoms with Crippen molar-refractivity contribution >= 4 is 0 Å². The molecule has 0 bridgehead atoms. The first-order valence-corrected chi connectivity index (χ1v) is 5.96. The van der Waals surface area contributed by atoms with Gasteiger partial charge in [-0.05, 0) is 12.8 Å². The van der Waals surface area contributed by atoms with Gasteiger partial charge in [-0.3, -0.25) is 0 Å². The summed E-state index contributed by atoms with van der Waals surface area (Å²) in [7, 11) is 1.70. The molecule has 0 atom stereocenters. The van der Waals surface area contributed by atoms with Gasteiger partial charge in [0.05, 0.1) is 11.4 Å². The molecular weight excluding hydrogens is 202 g/mol. The van der Waals surface area contributed by atoms with Crippen LogP contribution in [-0.2, 0) is 24.3 Å². The molecule has 1 fully saturated rings. The lowest BCUT2D eigenvalue weighted by Crippen LogP contribution is -2.27. The summed E-state index contributed by atoms with van der Waals surface area (Å²) in [4.78, 5) is 9.26. The fourth-order valence-electron chi connectivity index (χ4n) is 2.31. The number of fused-ring (bicyclic) bond motifs is 1. The van der Waals surface area contributed by atoms with Crippen LogP contribution in [0.15, 0.2) is 0 Å². The van der Waals surface area contributed by atoms with Gasteiger partial charge in [0.25, 0.3) is 0 Å². The first-order chi connectivity index (χ1) is 7.88. The van der Waals surface area contributed by atoms with Gasteiger partial charge in [-0.2, -0.15) is 0 Å². The number of nitrogens with zero attached hydrogens (tertiary/aromatic N) is 2. The van der Waals surface area contributed by atoms with Crippen molar-refractivity contribution in [1.82, 2.24) is 15.3 Å². The van der Waals surface area contributed by atoms with Crippen molar-refractivity contribution in [3.8, 4) is 0 Å². The van der Waals surface area contributed by atoms with Gasteiger partial charge < -0.3 is 10.1 Å². The van der Waals surface area contributed by atoms with E-state index in [9.17, 15) is 0 Å². The largest absolute Gasteiger partial charge is 0.377 e. The summed E-state index contributed by atoms with van der Waals surface area (Å²) in [5.41, 5.74) is 3.88. The first kappa shape index (κ1) is 10.2. The van der Waals surface area contributed by atoms with Crippen molar-refractivity contribution in [2.75, 3.05) is 13.7 Å². The molecule has 2 heterocycles. The Balaban J connectivity index is 2.02. The molecular formula is C12H17N3O. The smallest absolute Gasteiger partial charge is 0.154 e. The van der Waals surface area contributed by atoms with Crippen molar-refractivity contribution in [2.45, 2.75) is 38.3 Å². The SMILES string of the molecule is COCc1nc2c(c(C3CC3)n1)CNCC2. The van der Waals surface area contributed by atoms with Gasteiger partial charge in [-0.25, -0.2) is 9.97 Å². The summed E-state index contributed by atoms with van der Waals surface area (Å²) in [6, 6.07) is 0. The lowest BCUT2D eigenvalue weighted by Gasteiger charge is -2.19. The third kappa shape index (κ3) is 1.83. The lowest BCUT2D eigenvalue weighted by molar-refractivity contribution is 0.177. The van der Waals surface area contributed by atoms with Gasteiger partial charge in [0.15, 0.2) is 5.82 Å². The van der Waals surface area contributed by atoms with Crippen LogP contribution in [-0.4, -0.2) is 23.6 Å². The first-order valence-electron chi connectivity index (χ1n) is 5.96. The Hall–Kier alpha value is -1.00. The highest BCUT2D eigenvalue weighted by Gasteiger charge is 2.30. The van der Waals surface area contributed by atoms with Gasteiger partial charge in [-0.15, -0.1) is 0 Å². The zero-order valence-electron chi connectivity index (χ0n) is 9.62. The Kier molecular flexibility index (Phi) is 2.61. The molecule has 3 rings (SSSR count). The Bertz CT molecular complexity index is 401. The van der Waals surface area contributed by atoms with Crippen molar-refractivity contribution in [3.05, 3.63) is 22.8 Å². The molecule has 1 N–H and O–H groups in total. The maximum Gasteiger partial charge on any atom is 0.154 e. The third-order valence-electron chi connectivity index (χ3n) is 3.25. The van der Waals surface area contributed by atoms with E-state index in [1.807, 2.05) is 0 Å². The highest BCUT2D eigenvalue weighted by Crippen LogP contribution is 2.41. The van der Waals surface area contributed by atoms with Gasteiger partial charge in [0, 0.05) is 38.1 Å². The van der Waals surface area contributed by atoms with E-state index in [0.717, 1.165) is 25.3 Å². The quantitative estimate of drug-likeness (QED) is 0.828. The lowest BCUT2D eigenvalue weighted by atomic mass is 10.0. The molecule has 1 aliphatic heterocycles. The molecule has 1 saturated carbocycles. The van der Waals surface area contributed by atoms with Gasteiger partial charge in [-0.1, -0.05) is 0 Å². The molecule has 1 aliphatic carbocycles. The summed E-state index contributed by atoms with van der Waals surface area (Å²) in [5, 5.41) is 3.40. The van der Waals surface area contributed by atoms with Crippen LogP contribution in [0.4, 0.5) is 0 Å². The molecule has 0 saturated heterocycles. The normalized spacial score (nSPS) is 19.6. The van der Waals surface area contributed by atoms with Crippen LogP contribution in [0.2, 0.25) is 0 Å². The third-order valence-corrected chi connectivity index (χ3v) is 3.25. The minimum Gasteiger partial charge on any atom is -0.377 e. The number of aromatic nitrogens is 2. The summed E-state index contributed by atoms with van der Waals surface area (Å²) in [6.07, 6.45) is 3.60. The molecule has 4 nitrogen and oxygen atoms in total. The van der Waals surface area contributed by atoms with Crippen molar-refractivity contribution in [3.63, 3.8) is 0 Å². The van der Waals surface area contributed by atoms with E-state index in [1.165, 1.54) is 29.8 Å². The maximum atomic E-state index is 5.13. The molecule has 0 radical (unpaired) electrons. The van der Waals surface area contributed by atoms with E-state index in [0.29, 0.717) is 12.5 Å². The number of nitrogens with one attached hydrogen (secondary N) is 1. The van der Waals surface area contributed by atoms with Gasteiger partial charge in [0.1, 0.15) is 6.61 Å². The summed E-state index contributed by atoms with van der Waals surface area (Å²) < 4.78 is 5.13. The Labute approximate surface area is 95.4 Å². The second-order valence-electron chi connectivity index (χ2n) is 4.58. The molecule has 1 aromatic heterocycles. The molecule has 86 valence electrons. The molecule has 0 unspecified atom stereocenters. The summed E-state index contributed by atoms with van der Waals surface area (Å²) >= 11 is 0. The highest BCUT2D eigenvalue weighted by molar-refractivity contribution is 5.32. The number of hydrogen-bond acceptors (Lipinski definition) is 4. The minimum atomic E-state index is 0.528. The molecule has 0 spiro atoms. The summed E-state index contributed by atoms with van der Waals surface area (Å²) in [5.74, 6) is 1.54. The van der Waals surface area contributed by atoms with Crippen molar-refractivity contribution < 1.29 is 4.74 Å². The second kappa shape index (κ2) is 4.11. The van der Waals surface area contributed by atoms with E-state index in [1.54, 1.807) is 7.11 Å².